The van der Waals surface area contributed by atoms with Crippen molar-refractivity contribution in [1.29, 1.82) is 0 Å². The average molecular weight is 351 g/mol. The summed E-state index contributed by atoms with van der Waals surface area (Å²) in [6, 6.07) is 11.6. The van der Waals surface area contributed by atoms with Crippen LogP contribution in [0.5, 0.6) is 17.2 Å². The highest BCUT2D eigenvalue weighted by Crippen LogP contribution is 2.29. The van der Waals surface area contributed by atoms with Gasteiger partial charge in [-0.15, -0.1) is 0 Å². The van der Waals surface area contributed by atoms with Crippen LogP contribution in [0.4, 0.5) is 8.78 Å². The molecule has 0 aliphatic heterocycles. The minimum absolute atomic E-state index is 0.0673. The van der Waals surface area contributed by atoms with Crippen LogP contribution in [0.1, 0.15) is 15.9 Å². The third-order valence-corrected chi connectivity index (χ3v) is 3.51. The lowest BCUT2D eigenvalue weighted by molar-refractivity contribution is -0.0512. The van der Waals surface area contributed by atoms with Crippen molar-refractivity contribution in [3.05, 3.63) is 53.6 Å². The zero-order valence-corrected chi connectivity index (χ0v) is 13.9. The Kier molecular flexibility index (Phi) is 6.56. The van der Waals surface area contributed by atoms with Crippen molar-refractivity contribution in [2.24, 2.45) is 0 Å². The van der Waals surface area contributed by atoms with Crippen molar-refractivity contribution in [3.8, 4) is 17.2 Å². The van der Waals surface area contributed by atoms with Crippen LogP contribution >= 0.6 is 0 Å². The lowest BCUT2D eigenvalue weighted by Gasteiger charge is -2.12. The quantitative estimate of drug-likeness (QED) is 0.793. The molecule has 2 rings (SSSR count). The lowest BCUT2D eigenvalue weighted by Crippen LogP contribution is -2.25. The van der Waals surface area contributed by atoms with Gasteiger partial charge in [0, 0.05) is 12.1 Å². The molecule has 134 valence electrons. The summed E-state index contributed by atoms with van der Waals surface area (Å²) in [5, 5.41) is 2.77. The Morgan fingerprint density at radius 1 is 1.04 bits per heavy atom. The number of carbonyl (C=O) groups excluding carboxylic acids is 1. The van der Waals surface area contributed by atoms with Crippen molar-refractivity contribution in [2.75, 3.05) is 20.8 Å². The molecule has 0 bridgehead atoms. The number of benzene rings is 2. The second kappa shape index (κ2) is 8.86. The minimum Gasteiger partial charge on any atom is -0.496 e. The molecule has 2 aromatic carbocycles. The van der Waals surface area contributed by atoms with Crippen molar-refractivity contribution >= 4 is 5.91 Å². The first-order chi connectivity index (χ1) is 12.0. The van der Waals surface area contributed by atoms with Gasteiger partial charge in [-0.05, 0) is 36.2 Å². The van der Waals surface area contributed by atoms with Crippen LogP contribution in [-0.4, -0.2) is 33.3 Å². The molecule has 0 heterocycles. The Bertz CT molecular complexity index is 722. The number of rotatable bonds is 8. The first kappa shape index (κ1) is 18.5. The summed E-state index contributed by atoms with van der Waals surface area (Å²) in [7, 11) is 2.91. The molecule has 2 aromatic rings. The fourth-order valence-corrected chi connectivity index (χ4v) is 2.32. The van der Waals surface area contributed by atoms with E-state index < -0.39 is 6.61 Å². The van der Waals surface area contributed by atoms with E-state index in [1.807, 2.05) is 24.3 Å². The number of hydrogen-bond acceptors (Lipinski definition) is 4. The monoisotopic (exact) mass is 351 g/mol. The Hall–Kier alpha value is -2.83. The summed E-state index contributed by atoms with van der Waals surface area (Å²) in [5.41, 5.74) is 1.27. The lowest BCUT2D eigenvalue weighted by atomic mass is 10.1. The number of alkyl halides is 2. The molecule has 0 aromatic heterocycles. The van der Waals surface area contributed by atoms with Crippen molar-refractivity contribution < 1.29 is 27.8 Å². The molecule has 0 unspecified atom stereocenters. The van der Waals surface area contributed by atoms with E-state index in [1.54, 1.807) is 7.11 Å². The van der Waals surface area contributed by atoms with Crippen molar-refractivity contribution in [3.63, 3.8) is 0 Å². The Morgan fingerprint density at radius 2 is 1.76 bits per heavy atom. The molecular formula is C18H19F2NO4. The van der Waals surface area contributed by atoms with E-state index in [9.17, 15) is 13.6 Å². The van der Waals surface area contributed by atoms with Crippen molar-refractivity contribution in [2.45, 2.75) is 13.0 Å². The van der Waals surface area contributed by atoms with Gasteiger partial charge >= 0.3 is 6.61 Å². The molecule has 0 saturated heterocycles. The average Bonchev–Trinajstić information content (AvgIpc) is 2.61. The first-order valence-electron chi connectivity index (χ1n) is 7.58. The molecule has 0 saturated carbocycles. The number of hydrogen-bond donors (Lipinski definition) is 1. The SMILES string of the molecule is COc1ccccc1CCNC(=O)c1ccc(OC(F)F)c(OC)c1. The van der Waals surface area contributed by atoms with Gasteiger partial charge in [0.2, 0.25) is 0 Å². The summed E-state index contributed by atoms with van der Waals surface area (Å²) in [4.78, 5) is 12.2. The van der Waals surface area contributed by atoms with Crippen LogP contribution in [-0.2, 0) is 6.42 Å². The Balaban J connectivity index is 1.98. The summed E-state index contributed by atoms with van der Waals surface area (Å²) in [6.45, 7) is -2.56. The maximum atomic E-state index is 12.3. The number of ether oxygens (including phenoxy) is 3. The molecule has 0 fully saturated rings. The first-order valence-corrected chi connectivity index (χ1v) is 7.58. The molecule has 0 radical (unpaired) electrons. The molecule has 1 amide bonds. The number of halogens is 2. The second-order valence-corrected chi connectivity index (χ2v) is 5.06. The van der Waals surface area contributed by atoms with Gasteiger partial charge < -0.3 is 19.5 Å². The highest BCUT2D eigenvalue weighted by molar-refractivity contribution is 5.94. The van der Waals surface area contributed by atoms with Crippen LogP contribution in [0.25, 0.3) is 0 Å². The van der Waals surface area contributed by atoms with E-state index >= 15 is 0 Å². The zero-order chi connectivity index (χ0) is 18.2. The van der Waals surface area contributed by atoms with Gasteiger partial charge in [-0.2, -0.15) is 8.78 Å². The molecule has 0 spiro atoms. The van der Waals surface area contributed by atoms with E-state index in [4.69, 9.17) is 9.47 Å². The number of methoxy groups -OCH3 is 2. The van der Waals surface area contributed by atoms with E-state index in [0.717, 1.165) is 11.3 Å². The van der Waals surface area contributed by atoms with Crippen LogP contribution < -0.4 is 19.5 Å². The summed E-state index contributed by atoms with van der Waals surface area (Å²) in [5.74, 6) is 0.365. The summed E-state index contributed by atoms with van der Waals surface area (Å²) in [6.07, 6.45) is 0.597. The molecule has 7 heteroatoms. The maximum absolute atomic E-state index is 12.3. The van der Waals surface area contributed by atoms with Gasteiger partial charge in [0.1, 0.15) is 5.75 Å². The fourth-order valence-electron chi connectivity index (χ4n) is 2.32. The standard InChI is InChI=1S/C18H19F2NO4/c1-23-14-6-4-3-5-12(14)9-10-21-17(22)13-7-8-15(25-18(19)20)16(11-13)24-2/h3-8,11,18H,9-10H2,1-2H3,(H,21,22). The van der Waals surface area contributed by atoms with E-state index in [2.05, 4.69) is 10.1 Å². The molecule has 5 nitrogen and oxygen atoms in total. The van der Waals surface area contributed by atoms with Crippen LogP contribution in [0, 0.1) is 0 Å². The topological polar surface area (TPSA) is 56.8 Å². The van der Waals surface area contributed by atoms with Gasteiger partial charge in [-0.25, -0.2) is 0 Å². The van der Waals surface area contributed by atoms with Crippen molar-refractivity contribution in [1.82, 2.24) is 5.32 Å². The predicted molar refractivity (Wildman–Crippen MR) is 88.7 cm³/mol. The highest BCUT2D eigenvalue weighted by Gasteiger charge is 2.14. The van der Waals surface area contributed by atoms with E-state index in [1.165, 1.54) is 25.3 Å². The van der Waals surface area contributed by atoms with Crippen LogP contribution in [0.2, 0.25) is 0 Å². The highest BCUT2D eigenvalue weighted by atomic mass is 19.3. The number of para-hydroxylation sites is 1. The van der Waals surface area contributed by atoms with Gasteiger partial charge in [0.25, 0.3) is 5.91 Å². The Labute approximate surface area is 144 Å². The normalized spacial score (nSPS) is 10.4. The summed E-state index contributed by atoms with van der Waals surface area (Å²) < 4.78 is 39.2. The second-order valence-electron chi connectivity index (χ2n) is 5.06. The predicted octanol–water partition coefficient (Wildman–Crippen LogP) is 3.28. The Morgan fingerprint density at radius 3 is 2.44 bits per heavy atom. The molecule has 1 N–H and O–H groups in total. The van der Waals surface area contributed by atoms with Crippen LogP contribution in [0.3, 0.4) is 0 Å². The number of carbonyl (C=O) groups is 1. The molecule has 0 aliphatic carbocycles. The van der Waals surface area contributed by atoms with Gasteiger partial charge in [-0.3, -0.25) is 4.79 Å². The minimum atomic E-state index is -2.96. The molecule has 25 heavy (non-hydrogen) atoms. The molecular weight excluding hydrogens is 332 g/mol. The third kappa shape index (κ3) is 5.07. The van der Waals surface area contributed by atoms with Gasteiger partial charge in [0.05, 0.1) is 14.2 Å². The van der Waals surface area contributed by atoms with E-state index in [0.29, 0.717) is 18.5 Å². The fraction of sp³-hybridized carbons (Fsp3) is 0.278. The maximum Gasteiger partial charge on any atom is 0.387 e. The number of amides is 1. The van der Waals surface area contributed by atoms with Gasteiger partial charge in [0.15, 0.2) is 11.5 Å². The molecule has 0 aliphatic rings. The zero-order valence-electron chi connectivity index (χ0n) is 13.9. The number of nitrogens with one attached hydrogen (secondary N) is 1. The summed E-state index contributed by atoms with van der Waals surface area (Å²) >= 11 is 0. The third-order valence-electron chi connectivity index (χ3n) is 3.51. The smallest absolute Gasteiger partial charge is 0.387 e. The largest absolute Gasteiger partial charge is 0.496 e. The van der Waals surface area contributed by atoms with E-state index in [-0.39, 0.29) is 17.4 Å². The van der Waals surface area contributed by atoms with Gasteiger partial charge in [-0.1, -0.05) is 18.2 Å². The van der Waals surface area contributed by atoms with Crippen LogP contribution in [0.15, 0.2) is 42.5 Å². The molecule has 0 atom stereocenters.